The molecule has 2 aromatic rings. The van der Waals surface area contributed by atoms with Gasteiger partial charge in [0.25, 0.3) is 0 Å². The van der Waals surface area contributed by atoms with E-state index in [1.54, 1.807) is 12.5 Å². The molecule has 0 radical (unpaired) electrons. The Labute approximate surface area is 87.5 Å². The van der Waals surface area contributed by atoms with Crippen molar-refractivity contribution < 1.29 is 0 Å². The Hall–Kier alpha value is -1.69. The number of nitrogens with one attached hydrogen (secondary N) is 1. The Kier molecular flexibility index (Phi) is 2.51. The fourth-order valence-electron chi connectivity index (χ4n) is 1.53. The number of imidazole rings is 1. The predicted molar refractivity (Wildman–Crippen MR) is 58.0 cm³/mol. The summed E-state index contributed by atoms with van der Waals surface area (Å²) in [4.78, 5) is 4.26. The minimum absolute atomic E-state index is 0.509. The lowest BCUT2D eigenvalue weighted by atomic mass is 10.2. The third kappa shape index (κ3) is 1.75. The van der Waals surface area contributed by atoms with Gasteiger partial charge in [-0.25, -0.2) is 10.8 Å². The number of nitrogen functional groups attached to an aromatic ring is 1. The van der Waals surface area contributed by atoms with Gasteiger partial charge in [0.2, 0.25) is 0 Å². The lowest BCUT2D eigenvalue weighted by Crippen LogP contribution is -2.10. The number of nitrogens with two attached hydrogens (primary N) is 1. The maximum atomic E-state index is 5.32. The Bertz CT molecular complexity index is 461. The second-order valence-electron chi connectivity index (χ2n) is 3.86. The van der Waals surface area contributed by atoms with E-state index in [-0.39, 0.29) is 0 Å². The number of nitrogens with zero attached hydrogens (tertiary/aromatic N) is 4. The molecule has 0 amide bonds. The molecule has 0 aliphatic heterocycles. The van der Waals surface area contributed by atoms with Crippen LogP contribution in [-0.2, 0) is 6.54 Å². The normalized spacial score (nSPS) is 11.2. The highest BCUT2D eigenvalue weighted by atomic mass is 15.3. The fraction of sp³-hybridized carbons (Fsp3) is 0.444. The summed E-state index contributed by atoms with van der Waals surface area (Å²) in [6, 6.07) is 0. The molecule has 6 heteroatoms. The van der Waals surface area contributed by atoms with Crippen molar-refractivity contribution in [2.75, 3.05) is 5.43 Å². The maximum Gasteiger partial charge on any atom is 0.190 e. The first kappa shape index (κ1) is 9.85. The molecule has 0 unspecified atom stereocenters. The molecule has 0 atom stereocenters. The molecule has 0 aromatic carbocycles. The first-order valence-electron chi connectivity index (χ1n) is 4.85. The van der Waals surface area contributed by atoms with Crippen molar-refractivity contribution in [3.63, 3.8) is 0 Å². The smallest absolute Gasteiger partial charge is 0.190 e. The summed E-state index contributed by atoms with van der Waals surface area (Å²) in [7, 11) is 0. The molecule has 0 spiro atoms. The van der Waals surface area contributed by atoms with Crippen molar-refractivity contribution in [3.05, 3.63) is 12.5 Å². The zero-order valence-electron chi connectivity index (χ0n) is 8.81. The summed E-state index contributed by atoms with van der Waals surface area (Å²) >= 11 is 0. The number of hydrazine groups is 1. The zero-order chi connectivity index (χ0) is 10.8. The van der Waals surface area contributed by atoms with E-state index in [9.17, 15) is 0 Å². The molecule has 0 bridgehead atoms. The van der Waals surface area contributed by atoms with Crippen molar-refractivity contribution in [3.8, 4) is 0 Å². The van der Waals surface area contributed by atoms with Crippen molar-refractivity contribution in [1.82, 2.24) is 19.7 Å². The zero-order valence-corrected chi connectivity index (χ0v) is 8.81. The van der Waals surface area contributed by atoms with Crippen LogP contribution in [0.15, 0.2) is 12.5 Å². The van der Waals surface area contributed by atoms with Gasteiger partial charge in [0, 0.05) is 6.54 Å². The van der Waals surface area contributed by atoms with Crippen molar-refractivity contribution in [1.29, 1.82) is 0 Å². The van der Waals surface area contributed by atoms with Crippen LogP contribution >= 0.6 is 0 Å². The lowest BCUT2D eigenvalue weighted by Gasteiger charge is -2.06. The first-order valence-corrected chi connectivity index (χ1v) is 4.85. The van der Waals surface area contributed by atoms with Gasteiger partial charge in [0.1, 0.15) is 5.52 Å². The molecule has 80 valence electrons. The molecule has 0 fully saturated rings. The van der Waals surface area contributed by atoms with Gasteiger partial charge in [-0.1, -0.05) is 13.8 Å². The third-order valence-electron chi connectivity index (χ3n) is 2.14. The van der Waals surface area contributed by atoms with Crippen molar-refractivity contribution >= 4 is 16.9 Å². The number of rotatable bonds is 3. The van der Waals surface area contributed by atoms with Gasteiger partial charge in [0.15, 0.2) is 5.82 Å². The van der Waals surface area contributed by atoms with E-state index in [0.717, 1.165) is 17.6 Å². The molecule has 2 aromatic heterocycles. The van der Waals surface area contributed by atoms with Crippen LogP contribution in [0.2, 0.25) is 0 Å². The van der Waals surface area contributed by atoms with Gasteiger partial charge in [-0.05, 0) is 5.92 Å². The number of aromatic nitrogens is 4. The van der Waals surface area contributed by atoms with Gasteiger partial charge >= 0.3 is 0 Å². The van der Waals surface area contributed by atoms with Crippen LogP contribution in [0.1, 0.15) is 13.8 Å². The summed E-state index contributed by atoms with van der Waals surface area (Å²) in [5.41, 5.74) is 4.20. The minimum atomic E-state index is 0.509. The highest BCUT2D eigenvalue weighted by Gasteiger charge is 2.08. The van der Waals surface area contributed by atoms with Crippen LogP contribution in [0.3, 0.4) is 0 Å². The van der Waals surface area contributed by atoms with Crippen LogP contribution in [0.5, 0.6) is 0 Å². The van der Waals surface area contributed by atoms with Gasteiger partial charge in [0.05, 0.1) is 18.0 Å². The van der Waals surface area contributed by atoms with Gasteiger partial charge in [-0.3, -0.25) is 0 Å². The van der Waals surface area contributed by atoms with Crippen molar-refractivity contribution in [2.45, 2.75) is 20.4 Å². The number of fused-ring (bicyclic) bond motifs is 1. The number of anilines is 1. The Morgan fingerprint density at radius 1 is 1.53 bits per heavy atom. The van der Waals surface area contributed by atoms with Gasteiger partial charge < -0.3 is 9.99 Å². The van der Waals surface area contributed by atoms with Crippen LogP contribution in [0.25, 0.3) is 11.0 Å². The van der Waals surface area contributed by atoms with E-state index in [2.05, 4.69) is 39.0 Å². The molecular formula is C9H14N6. The molecule has 0 saturated heterocycles. The number of hydrogen-bond donors (Lipinski definition) is 2. The predicted octanol–water partition coefficient (Wildman–Crippen LogP) is 0.768. The monoisotopic (exact) mass is 206 g/mol. The highest BCUT2D eigenvalue weighted by molar-refractivity contribution is 5.84. The molecule has 0 aliphatic rings. The summed E-state index contributed by atoms with van der Waals surface area (Å²) in [6.45, 7) is 5.22. The van der Waals surface area contributed by atoms with E-state index in [4.69, 9.17) is 5.84 Å². The van der Waals surface area contributed by atoms with Crippen LogP contribution in [0, 0.1) is 5.92 Å². The van der Waals surface area contributed by atoms with E-state index < -0.39 is 0 Å². The van der Waals surface area contributed by atoms with E-state index in [1.165, 1.54) is 0 Å². The maximum absolute atomic E-state index is 5.32. The molecule has 0 aliphatic carbocycles. The second kappa shape index (κ2) is 3.82. The molecule has 6 nitrogen and oxygen atoms in total. The lowest BCUT2D eigenvalue weighted by molar-refractivity contribution is 0.532. The Morgan fingerprint density at radius 2 is 2.33 bits per heavy atom. The summed E-state index contributed by atoms with van der Waals surface area (Å²) < 4.78 is 2.05. The molecule has 2 rings (SSSR count). The summed E-state index contributed by atoms with van der Waals surface area (Å²) in [6.07, 6.45) is 3.49. The summed E-state index contributed by atoms with van der Waals surface area (Å²) in [5.74, 6) is 6.39. The molecule has 15 heavy (non-hydrogen) atoms. The molecule has 0 saturated carbocycles. The number of hydrogen-bond acceptors (Lipinski definition) is 5. The largest absolute Gasteiger partial charge is 0.329 e. The van der Waals surface area contributed by atoms with Crippen LogP contribution in [-0.4, -0.2) is 19.7 Å². The molecule has 2 heterocycles. The van der Waals surface area contributed by atoms with E-state index in [1.807, 2.05) is 0 Å². The van der Waals surface area contributed by atoms with Gasteiger partial charge in [-0.2, -0.15) is 5.10 Å². The molecular weight excluding hydrogens is 192 g/mol. The molecule has 3 N–H and O–H groups in total. The quantitative estimate of drug-likeness (QED) is 0.572. The van der Waals surface area contributed by atoms with Crippen molar-refractivity contribution in [2.24, 2.45) is 11.8 Å². The Balaban J connectivity index is 2.51. The van der Waals surface area contributed by atoms with E-state index >= 15 is 0 Å². The van der Waals surface area contributed by atoms with Crippen LogP contribution < -0.4 is 11.3 Å². The third-order valence-corrected chi connectivity index (χ3v) is 2.14. The Morgan fingerprint density at radius 3 is 3.00 bits per heavy atom. The average Bonchev–Trinajstić information content (AvgIpc) is 2.61. The first-order chi connectivity index (χ1) is 7.22. The van der Waals surface area contributed by atoms with E-state index in [0.29, 0.717) is 11.7 Å². The summed E-state index contributed by atoms with van der Waals surface area (Å²) in [5, 5.41) is 7.73. The minimum Gasteiger partial charge on any atom is -0.329 e. The topological polar surface area (TPSA) is 81.7 Å². The highest BCUT2D eigenvalue weighted by Crippen LogP contribution is 2.18. The fourth-order valence-corrected chi connectivity index (χ4v) is 1.53. The van der Waals surface area contributed by atoms with Gasteiger partial charge in [-0.15, -0.1) is 5.10 Å². The average molecular weight is 206 g/mol. The second-order valence-corrected chi connectivity index (χ2v) is 3.86. The van der Waals surface area contributed by atoms with Crippen LogP contribution in [0.4, 0.5) is 5.82 Å². The SMILES string of the molecule is CC(C)Cn1cnc2c(NN)nncc21. The standard InChI is InChI=1S/C9H14N6/c1-6(2)4-15-5-11-8-7(15)3-12-14-9(8)13-10/h3,5-6H,4,10H2,1-2H3,(H,13,14).